The Morgan fingerprint density at radius 1 is 1.33 bits per heavy atom. The summed E-state index contributed by atoms with van der Waals surface area (Å²) in [6, 6.07) is 3.59. The van der Waals surface area contributed by atoms with Gasteiger partial charge in [0.25, 0.3) is 0 Å². The fourth-order valence-corrected chi connectivity index (χ4v) is 1.67. The van der Waals surface area contributed by atoms with Crippen LogP contribution in [-0.2, 0) is 4.79 Å². The van der Waals surface area contributed by atoms with Crippen LogP contribution < -0.4 is 5.32 Å². The second kappa shape index (κ2) is 6.00. The molecule has 0 bridgehead atoms. The fourth-order valence-electron chi connectivity index (χ4n) is 1.67. The Labute approximate surface area is 89.3 Å². The minimum atomic E-state index is -0.208. The van der Waals surface area contributed by atoms with Gasteiger partial charge in [0.2, 0.25) is 5.91 Å². The SMILES string of the molecule is N#CCN(CC#N)C(=O)[C@@H]1CCCCN1. The Morgan fingerprint density at radius 3 is 2.47 bits per heavy atom. The summed E-state index contributed by atoms with van der Waals surface area (Å²) in [5.74, 6) is -0.127. The van der Waals surface area contributed by atoms with Gasteiger partial charge in [-0.15, -0.1) is 0 Å². The highest BCUT2D eigenvalue weighted by Crippen LogP contribution is 2.09. The fraction of sp³-hybridized carbons (Fsp3) is 0.700. The molecule has 1 heterocycles. The van der Waals surface area contributed by atoms with Crippen molar-refractivity contribution in [2.45, 2.75) is 25.3 Å². The number of carbonyl (C=O) groups excluding carboxylic acids is 1. The zero-order valence-electron chi connectivity index (χ0n) is 8.57. The van der Waals surface area contributed by atoms with Crippen LogP contribution in [0.3, 0.4) is 0 Å². The molecule has 0 spiro atoms. The van der Waals surface area contributed by atoms with E-state index in [1.807, 2.05) is 12.1 Å². The third-order valence-electron chi connectivity index (χ3n) is 2.44. The van der Waals surface area contributed by atoms with Crippen molar-refractivity contribution in [2.24, 2.45) is 0 Å². The van der Waals surface area contributed by atoms with Crippen molar-refractivity contribution >= 4 is 5.91 Å². The number of nitrogens with zero attached hydrogens (tertiary/aromatic N) is 3. The molecule has 15 heavy (non-hydrogen) atoms. The van der Waals surface area contributed by atoms with Gasteiger partial charge in [-0.05, 0) is 19.4 Å². The van der Waals surface area contributed by atoms with E-state index < -0.39 is 0 Å². The predicted molar refractivity (Wildman–Crippen MR) is 53.4 cm³/mol. The van der Waals surface area contributed by atoms with Gasteiger partial charge in [-0.2, -0.15) is 10.5 Å². The number of nitriles is 2. The summed E-state index contributed by atoms with van der Waals surface area (Å²) in [4.78, 5) is 13.1. The van der Waals surface area contributed by atoms with Gasteiger partial charge in [0.15, 0.2) is 0 Å². The van der Waals surface area contributed by atoms with E-state index in [4.69, 9.17) is 10.5 Å². The zero-order valence-corrected chi connectivity index (χ0v) is 8.57. The van der Waals surface area contributed by atoms with Crippen LogP contribution in [0.4, 0.5) is 0 Å². The van der Waals surface area contributed by atoms with Gasteiger partial charge in [-0.25, -0.2) is 0 Å². The van der Waals surface area contributed by atoms with Crippen LogP contribution in [-0.4, -0.2) is 36.5 Å². The van der Waals surface area contributed by atoms with E-state index in [-0.39, 0.29) is 25.0 Å². The molecule has 0 aliphatic carbocycles. The Morgan fingerprint density at radius 2 is 2.00 bits per heavy atom. The zero-order chi connectivity index (χ0) is 11.1. The third kappa shape index (κ3) is 3.23. The first-order chi connectivity index (χ1) is 7.29. The lowest BCUT2D eigenvalue weighted by Crippen LogP contribution is -2.48. The molecular weight excluding hydrogens is 192 g/mol. The molecule has 5 heteroatoms. The van der Waals surface area contributed by atoms with Gasteiger partial charge < -0.3 is 10.2 Å². The van der Waals surface area contributed by atoms with E-state index in [1.54, 1.807) is 0 Å². The quantitative estimate of drug-likeness (QED) is 0.659. The molecular formula is C10H14N4O. The molecule has 1 atom stereocenters. The van der Waals surface area contributed by atoms with E-state index >= 15 is 0 Å². The molecule has 1 saturated heterocycles. The van der Waals surface area contributed by atoms with E-state index in [1.165, 1.54) is 4.90 Å². The maximum atomic E-state index is 11.8. The number of piperidine rings is 1. The first-order valence-corrected chi connectivity index (χ1v) is 5.05. The molecule has 0 aromatic rings. The van der Waals surface area contributed by atoms with Gasteiger partial charge in [-0.1, -0.05) is 6.42 Å². The van der Waals surface area contributed by atoms with Crippen LogP contribution in [0.2, 0.25) is 0 Å². The highest BCUT2D eigenvalue weighted by molar-refractivity contribution is 5.82. The molecule has 0 radical (unpaired) electrons. The van der Waals surface area contributed by atoms with Gasteiger partial charge >= 0.3 is 0 Å². The van der Waals surface area contributed by atoms with E-state index in [0.717, 1.165) is 25.8 Å². The number of carbonyl (C=O) groups is 1. The largest absolute Gasteiger partial charge is 0.315 e. The molecule has 1 aliphatic heterocycles. The number of amides is 1. The first-order valence-electron chi connectivity index (χ1n) is 5.05. The Bertz CT molecular complexity index is 280. The van der Waals surface area contributed by atoms with Crippen molar-refractivity contribution in [1.29, 1.82) is 10.5 Å². The monoisotopic (exact) mass is 206 g/mol. The summed E-state index contributed by atoms with van der Waals surface area (Å²) in [6.45, 7) is 0.818. The van der Waals surface area contributed by atoms with Gasteiger partial charge in [-0.3, -0.25) is 4.79 Å². The predicted octanol–water partition coefficient (Wildman–Crippen LogP) is 0.00426. The molecule has 1 N–H and O–H groups in total. The maximum Gasteiger partial charge on any atom is 0.241 e. The van der Waals surface area contributed by atoms with Crippen LogP contribution in [0.15, 0.2) is 0 Å². The standard InChI is InChI=1S/C10H14N4O/c11-4-7-14(8-5-12)10(15)9-3-1-2-6-13-9/h9,13H,1-3,6-8H2/t9-/m0/s1. The van der Waals surface area contributed by atoms with Crippen LogP contribution >= 0.6 is 0 Å². The van der Waals surface area contributed by atoms with Crippen LogP contribution in [0.25, 0.3) is 0 Å². The van der Waals surface area contributed by atoms with Crippen molar-refractivity contribution < 1.29 is 4.79 Å². The topological polar surface area (TPSA) is 79.9 Å². The molecule has 1 fully saturated rings. The van der Waals surface area contributed by atoms with Crippen LogP contribution in [0.1, 0.15) is 19.3 Å². The summed E-state index contributed by atoms with van der Waals surface area (Å²) in [5, 5.41) is 20.2. The average molecular weight is 206 g/mol. The van der Waals surface area contributed by atoms with E-state index in [2.05, 4.69) is 5.32 Å². The van der Waals surface area contributed by atoms with Gasteiger partial charge in [0.1, 0.15) is 13.1 Å². The molecule has 0 saturated carbocycles. The molecule has 0 aromatic heterocycles. The second-order valence-corrected chi connectivity index (χ2v) is 3.51. The second-order valence-electron chi connectivity index (χ2n) is 3.51. The molecule has 80 valence electrons. The third-order valence-corrected chi connectivity index (χ3v) is 2.44. The Kier molecular flexibility index (Phi) is 4.59. The van der Waals surface area contributed by atoms with Crippen molar-refractivity contribution in [3.05, 3.63) is 0 Å². The summed E-state index contributed by atoms with van der Waals surface area (Å²) >= 11 is 0. The van der Waals surface area contributed by atoms with Crippen LogP contribution in [0, 0.1) is 22.7 Å². The van der Waals surface area contributed by atoms with Gasteiger partial charge in [0, 0.05) is 0 Å². The lowest BCUT2D eigenvalue weighted by Gasteiger charge is -2.27. The number of nitrogens with one attached hydrogen (secondary N) is 1. The van der Waals surface area contributed by atoms with E-state index in [9.17, 15) is 4.79 Å². The highest BCUT2D eigenvalue weighted by Gasteiger charge is 2.25. The van der Waals surface area contributed by atoms with Crippen molar-refractivity contribution in [1.82, 2.24) is 10.2 Å². The van der Waals surface area contributed by atoms with Crippen LogP contribution in [0.5, 0.6) is 0 Å². The highest BCUT2D eigenvalue weighted by atomic mass is 16.2. The number of rotatable bonds is 3. The molecule has 1 amide bonds. The summed E-state index contributed by atoms with van der Waals surface area (Å²) in [7, 11) is 0. The maximum absolute atomic E-state index is 11.8. The molecule has 0 unspecified atom stereocenters. The normalized spacial score (nSPS) is 20.0. The lowest BCUT2D eigenvalue weighted by molar-refractivity contribution is -0.132. The molecule has 0 aromatic carbocycles. The number of hydrogen-bond acceptors (Lipinski definition) is 4. The molecule has 1 aliphatic rings. The van der Waals surface area contributed by atoms with E-state index in [0.29, 0.717) is 0 Å². The lowest BCUT2D eigenvalue weighted by atomic mass is 10.0. The Balaban J connectivity index is 2.54. The van der Waals surface area contributed by atoms with Crippen molar-refractivity contribution in [3.8, 4) is 12.1 Å². The van der Waals surface area contributed by atoms with Crippen molar-refractivity contribution in [3.63, 3.8) is 0 Å². The first kappa shape index (κ1) is 11.5. The minimum Gasteiger partial charge on any atom is -0.315 e. The molecule has 1 rings (SSSR count). The minimum absolute atomic E-state index is 0.00935. The number of hydrogen-bond donors (Lipinski definition) is 1. The average Bonchev–Trinajstić information content (AvgIpc) is 2.29. The summed E-state index contributed by atoms with van der Waals surface area (Å²) in [5.41, 5.74) is 0. The summed E-state index contributed by atoms with van der Waals surface area (Å²) in [6.07, 6.45) is 2.91. The molecule has 5 nitrogen and oxygen atoms in total. The summed E-state index contributed by atoms with van der Waals surface area (Å²) < 4.78 is 0. The van der Waals surface area contributed by atoms with Crippen molar-refractivity contribution in [2.75, 3.05) is 19.6 Å². The smallest absolute Gasteiger partial charge is 0.241 e. The van der Waals surface area contributed by atoms with Gasteiger partial charge in [0.05, 0.1) is 18.2 Å². The Hall–Kier alpha value is -1.59.